The van der Waals surface area contributed by atoms with Gasteiger partial charge < -0.3 is 10.8 Å². The minimum Gasteiger partial charge on any atom is -0.506 e. The van der Waals surface area contributed by atoms with Crippen molar-refractivity contribution in [2.75, 3.05) is 5.73 Å². The minimum absolute atomic E-state index is 0.348. The van der Waals surface area contributed by atoms with Crippen LogP contribution in [-0.4, -0.2) is 5.11 Å². The number of fused-ring (bicyclic) bond motifs is 1. The first-order chi connectivity index (χ1) is 6.61. The van der Waals surface area contributed by atoms with E-state index in [-0.39, 0.29) is 11.3 Å². The zero-order chi connectivity index (χ0) is 10.3. The molecule has 2 aromatic rings. The van der Waals surface area contributed by atoms with Crippen LogP contribution in [0.15, 0.2) is 17.5 Å². The van der Waals surface area contributed by atoms with E-state index in [4.69, 9.17) is 5.73 Å². The number of anilines is 1. The highest BCUT2D eigenvalue weighted by Crippen LogP contribution is 2.40. The third-order valence-electron chi connectivity index (χ3n) is 2.01. The van der Waals surface area contributed by atoms with Gasteiger partial charge in [-0.3, -0.25) is 0 Å². The van der Waals surface area contributed by atoms with Gasteiger partial charge in [0, 0.05) is 10.8 Å². The largest absolute Gasteiger partial charge is 0.506 e. The molecule has 0 radical (unpaired) electrons. The quantitative estimate of drug-likeness (QED) is 0.767. The number of alkyl halides is 2. The SMILES string of the molecule is Nc1csc2c(O)c(C(F)F)ccc12. The first kappa shape index (κ1) is 9.21. The van der Waals surface area contributed by atoms with E-state index in [9.17, 15) is 13.9 Å². The molecule has 74 valence electrons. The van der Waals surface area contributed by atoms with Gasteiger partial charge in [-0.25, -0.2) is 8.78 Å². The Morgan fingerprint density at radius 3 is 2.71 bits per heavy atom. The summed E-state index contributed by atoms with van der Waals surface area (Å²) in [5.41, 5.74) is 5.74. The zero-order valence-corrected chi connectivity index (χ0v) is 7.81. The monoisotopic (exact) mass is 215 g/mol. The summed E-state index contributed by atoms with van der Waals surface area (Å²) in [5, 5.41) is 11.8. The normalized spacial score (nSPS) is 11.4. The van der Waals surface area contributed by atoms with Crippen molar-refractivity contribution in [1.29, 1.82) is 0 Å². The highest BCUT2D eigenvalue weighted by Gasteiger charge is 2.16. The molecule has 0 fully saturated rings. The Labute approximate surface area is 82.6 Å². The maximum Gasteiger partial charge on any atom is 0.267 e. The van der Waals surface area contributed by atoms with Crippen LogP contribution in [0.3, 0.4) is 0 Å². The summed E-state index contributed by atoms with van der Waals surface area (Å²) in [4.78, 5) is 0. The number of halogens is 2. The molecule has 0 bridgehead atoms. The van der Waals surface area contributed by atoms with Crippen LogP contribution >= 0.6 is 11.3 Å². The average molecular weight is 215 g/mol. The van der Waals surface area contributed by atoms with E-state index in [1.54, 1.807) is 5.38 Å². The maximum atomic E-state index is 12.4. The molecule has 0 unspecified atom stereocenters. The molecule has 2 rings (SSSR count). The lowest BCUT2D eigenvalue weighted by Gasteiger charge is -2.03. The molecule has 1 aromatic carbocycles. The molecule has 0 atom stereocenters. The molecule has 1 aromatic heterocycles. The van der Waals surface area contributed by atoms with Gasteiger partial charge in [-0.05, 0) is 6.07 Å². The van der Waals surface area contributed by atoms with Crippen molar-refractivity contribution in [2.45, 2.75) is 6.43 Å². The molecular weight excluding hydrogens is 208 g/mol. The molecule has 14 heavy (non-hydrogen) atoms. The van der Waals surface area contributed by atoms with Gasteiger partial charge in [0.25, 0.3) is 6.43 Å². The van der Waals surface area contributed by atoms with Crippen LogP contribution in [0.5, 0.6) is 5.75 Å². The van der Waals surface area contributed by atoms with E-state index >= 15 is 0 Å². The summed E-state index contributed by atoms with van der Waals surface area (Å²) in [6.07, 6.45) is -2.66. The van der Waals surface area contributed by atoms with Gasteiger partial charge in [-0.1, -0.05) is 6.07 Å². The number of hydrogen-bond acceptors (Lipinski definition) is 3. The van der Waals surface area contributed by atoms with Crippen LogP contribution < -0.4 is 5.73 Å². The van der Waals surface area contributed by atoms with Gasteiger partial charge >= 0.3 is 0 Å². The lowest BCUT2D eigenvalue weighted by atomic mass is 10.1. The van der Waals surface area contributed by atoms with Crippen molar-refractivity contribution < 1.29 is 13.9 Å². The number of hydrogen-bond donors (Lipinski definition) is 2. The van der Waals surface area contributed by atoms with Crippen LogP contribution in [0.4, 0.5) is 14.5 Å². The van der Waals surface area contributed by atoms with Crippen LogP contribution in [0.1, 0.15) is 12.0 Å². The van der Waals surface area contributed by atoms with Gasteiger partial charge in [-0.15, -0.1) is 11.3 Å². The van der Waals surface area contributed by atoms with Crippen LogP contribution in [0.25, 0.3) is 10.1 Å². The topological polar surface area (TPSA) is 46.2 Å². The molecule has 0 saturated heterocycles. The van der Waals surface area contributed by atoms with Crippen LogP contribution in [-0.2, 0) is 0 Å². The lowest BCUT2D eigenvalue weighted by Crippen LogP contribution is -1.86. The molecule has 0 spiro atoms. The van der Waals surface area contributed by atoms with Crippen molar-refractivity contribution in [3.8, 4) is 5.75 Å². The fourth-order valence-corrected chi connectivity index (χ4v) is 2.21. The van der Waals surface area contributed by atoms with E-state index < -0.39 is 6.43 Å². The number of benzene rings is 1. The molecule has 0 amide bonds. The maximum absolute atomic E-state index is 12.4. The van der Waals surface area contributed by atoms with Crippen molar-refractivity contribution in [1.82, 2.24) is 0 Å². The third-order valence-corrected chi connectivity index (χ3v) is 3.03. The number of thiophene rings is 1. The molecule has 1 heterocycles. The predicted molar refractivity (Wildman–Crippen MR) is 52.9 cm³/mol. The molecule has 0 aliphatic carbocycles. The van der Waals surface area contributed by atoms with Crippen LogP contribution in [0.2, 0.25) is 0 Å². The second-order valence-corrected chi connectivity index (χ2v) is 3.75. The third kappa shape index (κ3) is 1.21. The van der Waals surface area contributed by atoms with Gasteiger partial charge in [0.15, 0.2) is 0 Å². The number of nitrogen functional groups attached to an aromatic ring is 1. The molecule has 0 aliphatic rings. The van der Waals surface area contributed by atoms with E-state index in [1.165, 1.54) is 12.1 Å². The molecule has 2 nitrogen and oxygen atoms in total. The Bertz CT molecular complexity index is 481. The summed E-state index contributed by atoms with van der Waals surface area (Å²) >= 11 is 1.16. The fourth-order valence-electron chi connectivity index (χ4n) is 1.29. The molecule has 0 aliphatic heterocycles. The summed E-state index contributed by atoms with van der Waals surface area (Å²) in [6.45, 7) is 0. The number of nitrogens with two attached hydrogens (primary N) is 1. The standard InChI is InChI=1S/C9H7F2NOS/c10-9(11)5-2-1-4-6(12)3-14-8(4)7(5)13/h1-3,9,13H,12H2. The van der Waals surface area contributed by atoms with Crippen LogP contribution in [0, 0.1) is 0 Å². The Balaban J connectivity index is 2.76. The average Bonchev–Trinajstić information content (AvgIpc) is 2.49. The Hall–Kier alpha value is -1.36. The fraction of sp³-hybridized carbons (Fsp3) is 0.111. The predicted octanol–water partition coefficient (Wildman–Crippen LogP) is 3.13. The molecule has 0 saturated carbocycles. The molecular formula is C9H7F2NOS. The second-order valence-electron chi connectivity index (χ2n) is 2.87. The molecule has 5 heteroatoms. The Kier molecular flexibility index (Phi) is 2.03. The van der Waals surface area contributed by atoms with Gasteiger partial charge in [0.1, 0.15) is 5.75 Å². The minimum atomic E-state index is -2.66. The lowest BCUT2D eigenvalue weighted by molar-refractivity contribution is 0.148. The van der Waals surface area contributed by atoms with Crippen molar-refractivity contribution in [2.24, 2.45) is 0 Å². The zero-order valence-electron chi connectivity index (χ0n) is 7.00. The van der Waals surface area contributed by atoms with Gasteiger partial charge in [0.2, 0.25) is 0 Å². The Morgan fingerprint density at radius 2 is 2.07 bits per heavy atom. The number of phenolic OH excluding ortho intramolecular Hbond substituents is 1. The van der Waals surface area contributed by atoms with Gasteiger partial charge in [-0.2, -0.15) is 0 Å². The Morgan fingerprint density at radius 1 is 1.36 bits per heavy atom. The first-order valence-electron chi connectivity index (χ1n) is 3.88. The van der Waals surface area contributed by atoms with Crippen molar-refractivity contribution >= 4 is 27.1 Å². The van der Waals surface area contributed by atoms with Gasteiger partial charge in [0.05, 0.1) is 16.0 Å². The van der Waals surface area contributed by atoms with E-state index in [0.717, 1.165) is 11.3 Å². The summed E-state index contributed by atoms with van der Waals surface area (Å²) in [6, 6.07) is 2.70. The highest BCUT2D eigenvalue weighted by molar-refractivity contribution is 7.18. The smallest absolute Gasteiger partial charge is 0.267 e. The summed E-state index contributed by atoms with van der Waals surface area (Å²) < 4.78 is 25.2. The number of phenols is 1. The summed E-state index contributed by atoms with van der Waals surface area (Å²) in [7, 11) is 0. The summed E-state index contributed by atoms with van der Waals surface area (Å²) in [5.74, 6) is -0.362. The van der Waals surface area contributed by atoms with E-state index in [0.29, 0.717) is 15.8 Å². The second kappa shape index (κ2) is 3.09. The highest BCUT2D eigenvalue weighted by atomic mass is 32.1. The first-order valence-corrected chi connectivity index (χ1v) is 4.76. The number of rotatable bonds is 1. The molecule has 3 N–H and O–H groups in total. The van der Waals surface area contributed by atoms with E-state index in [1.807, 2.05) is 0 Å². The van der Waals surface area contributed by atoms with E-state index in [2.05, 4.69) is 0 Å². The van der Waals surface area contributed by atoms with Crippen molar-refractivity contribution in [3.63, 3.8) is 0 Å². The van der Waals surface area contributed by atoms with Crippen molar-refractivity contribution in [3.05, 3.63) is 23.1 Å². The number of aromatic hydroxyl groups is 1.